The van der Waals surface area contributed by atoms with Gasteiger partial charge in [-0.1, -0.05) is 12.1 Å². The van der Waals surface area contributed by atoms with Gasteiger partial charge in [-0.2, -0.15) is 5.26 Å². The number of carbonyl (C=O) groups excluding carboxylic acids is 1. The Labute approximate surface area is 163 Å². The van der Waals surface area contributed by atoms with Crippen LogP contribution in [0.25, 0.3) is 0 Å². The highest BCUT2D eigenvalue weighted by atomic mass is 19.1. The van der Waals surface area contributed by atoms with E-state index in [1.807, 2.05) is 15.9 Å². The summed E-state index contributed by atoms with van der Waals surface area (Å²) < 4.78 is 13.9. The van der Waals surface area contributed by atoms with Crippen molar-refractivity contribution in [2.75, 3.05) is 36.4 Å². The molecule has 1 aliphatic heterocycles. The molecule has 0 saturated carbocycles. The van der Waals surface area contributed by atoms with Crippen molar-refractivity contribution in [2.24, 2.45) is 0 Å². The zero-order valence-corrected chi connectivity index (χ0v) is 15.5. The van der Waals surface area contributed by atoms with Crippen molar-refractivity contribution >= 4 is 17.3 Å². The summed E-state index contributed by atoms with van der Waals surface area (Å²) in [6.07, 6.45) is 1.55. The Morgan fingerprint density at radius 3 is 2.57 bits per heavy atom. The summed E-state index contributed by atoms with van der Waals surface area (Å²) in [5, 5.41) is 21.5. The van der Waals surface area contributed by atoms with Crippen molar-refractivity contribution in [3.05, 3.63) is 65.6 Å². The van der Waals surface area contributed by atoms with Crippen molar-refractivity contribution in [3.63, 3.8) is 0 Å². The smallest absolute Gasteiger partial charge is 0.267 e. The van der Waals surface area contributed by atoms with Gasteiger partial charge in [0.15, 0.2) is 0 Å². The molecule has 0 aliphatic carbocycles. The zero-order chi connectivity index (χ0) is 20.1. The van der Waals surface area contributed by atoms with E-state index < -0.39 is 5.91 Å². The predicted molar refractivity (Wildman–Crippen MR) is 105 cm³/mol. The minimum atomic E-state index is -0.507. The molecule has 1 fully saturated rings. The maximum Gasteiger partial charge on any atom is 0.267 e. The summed E-state index contributed by atoms with van der Waals surface area (Å²) in [6.45, 7) is 4.09. The Bertz CT molecular complexity index is 944. The van der Waals surface area contributed by atoms with Crippen LogP contribution in [0.1, 0.15) is 5.56 Å². The van der Waals surface area contributed by atoms with Crippen molar-refractivity contribution in [1.82, 2.24) is 4.90 Å². The van der Waals surface area contributed by atoms with Gasteiger partial charge in [-0.3, -0.25) is 4.79 Å². The number of anilines is 2. The van der Waals surface area contributed by atoms with Gasteiger partial charge < -0.3 is 20.2 Å². The average Bonchev–Trinajstić information content (AvgIpc) is 2.69. The Morgan fingerprint density at radius 1 is 1.21 bits per heavy atom. The number of nitrogens with zero attached hydrogens (tertiary/aromatic N) is 3. The van der Waals surface area contributed by atoms with E-state index in [4.69, 9.17) is 0 Å². The Balaban J connectivity index is 1.64. The van der Waals surface area contributed by atoms with Gasteiger partial charge in [-0.05, 0) is 42.8 Å². The number of aromatic hydroxyl groups is 1. The van der Waals surface area contributed by atoms with Gasteiger partial charge >= 0.3 is 0 Å². The summed E-state index contributed by atoms with van der Waals surface area (Å²) in [4.78, 5) is 16.3. The maximum atomic E-state index is 13.9. The van der Waals surface area contributed by atoms with E-state index in [0.717, 1.165) is 0 Å². The molecule has 1 saturated heterocycles. The standard InChI is InChI=1S/C21H21FN4O2/c1-15-12-17(27)6-7-19(15)24-21(28)16(13-23)14-25-8-10-26(11-9-25)20-5-3-2-4-18(20)22/h2-7,12,14,27H,8-11H2,1H3,(H,24,28)/b16-14-. The highest BCUT2D eigenvalue weighted by molar-refractivity contribution is 6.06. The molecular weight excluding hydrogens is 359 g/mol. The monoisotopic (exact) mass is 380 g/mol. The molecule has 2 N–H and O–H groups in total. The fourth-order valence-electron chi connectivity index (χ4n) is 3.10. The molecule has 2 aromatic carbocycles. The molecule has 6 nitrogen and oxygen atoms in total. The summed E-state index contributed by atoms with van der Waals surface area (Å²) in [6, 6.07) is 13.2. The van der Waals surface area contributed by atoms with Gasteiger partial charge in [0.2, 0.25) is 0 Å². The molecule has 28 heavy (non-hydrogen) atoms. The normalized spacial score (nSPS) is 14.5. The van der Waals surface area contributed by atoms with Gasteiger partial charge in [0.25, 0.3) is 5.91 Å². The van der Waals surface area contributed by atoms with Crippen LogP contribution in [0.4, 0.5) is 15.8 Å². The third-order valence-electron chi connectivity index (χ3n) is 4.64. The van der Waals surface area contributed by atoms with Crippen molar-refractivity contribution in [2.45, 2.75) is 6.92 Å². The lowest BCUT2D eigenvalue weighted by Crippen LogP contribution is -2.44. The fraction of sp³-hybridized carbons (Fsp3) is 0.238. The Hall–Kier alpha value is -3.53. The first kappa shape index (κ1) is 19.2. The van der Waals surface area contributed by atoms with Crippen LogP contribution >= 0.6 is 0 Å². The quantitative estimate of drug-likeness (QED) is 0.484. The van der Waals surface area contributed by atoms with E-state index in [-0.39, 0.29) is 17.1 Å². The molecule has 3 rings (SSSR count). The maximum absolute atomic E-state index is 13.9. The minimum Gasteiger partial charge on any atom is -0.508 e. The molecule has 1 heterocycles. The van der Waals surface area contributed by atoms with E-state index in [2.05, 4.69) is 5.32 Å². The van der Waals surface area contributed by atoms with Crippen LogP contribution in [-0.4, -0.2) is 42.1 Å². The second-order valence-electron chi connectivity index (χ2n) is 6.58. The number of nitrogens with one attached hydrogen (secondary N) is 1. The average molecular weight is 380 g/mol. The molecule has 2 aromatic rings. The number of carbonyl (C=O) groups is 1. The lowest BCUT2D eigenvalue weighted by Gasteiger charge is -2.35. The Morgan fingerprint density at radius 2 is 1.93 bits per heavy atom. The van der Waals surface area contributed by atoms with Gasteiger partial charge in [0, 0.05) is 38.1 Å². The van der Waals surface area contributed by atoms with Gasteiger partial charge in [-0.15, -0.1) is 0 Å². The van der Waals surface area contributed by atoms with Crippen LogP contribution in [-0.2, 0) is 4.79 Å². The number of phenols is 1. The Kier molecular flexibility index (Phi) is 5.80. The first-order valence-electron chi connectivity index (χ1n) is 8.94. The van der Waals surface area contributed by atoms with E-state index in [0.29, 0.717) is 43.1 Å². The van der Waals surface area contributed by atoms with Crippen LogP contribution in [0, 0.1) is 24.1 Å². The second-order valence-corrected chi connectivity index (χ2v) is 6.58. The number of rotatable bonds is 4. The largest absolute Gasteiger partial charge is 0.508 e. The summed E-state index contributed by atoms with van der Waals surface area (Å²) in [5.41, 5.74) is 1.79. The van der Waals surface area contributed by atoms with Gasteiger partial charge in [0.1, 0.15) is 23.2 Å². The first-order chi connectivity index (χ1) is 13.5. The predicted octanol–water partition coefficient (Wildman–Crippen LogP) is 3.01. The van der Waals surface area contributed by atoms with E-state index in [1.165, 1.54) is 18.2 Å². The van der Waals surface area contributed by atoms with Crippen LogP contribution in [0.3, 0.4) is 0 Å². The highest BCUT2D eigenvalue weighted by Gasteiger charge is 2.19. The first-order valence-corrected chi connectivity index (χ1v) is 8.94. The molecule has 0 atom stereocenters. The highest BCUT2D eigenvalue weighted by Crippen LogP contribution is 2.22. The molecule has 0 radical (unpaired) electrons. The molecule has 7 heteroatoms. The molecule has 0 unspecified atom stereocenters. The lowest BCUT2D eigenvalue weighted by atomic mass is 10.1. The molecular formula is C21H21FN4O2. The number of piperazine rings is 1. The number of halogens is 1. The van der Waals surface area contributed by atoms with Crippen molar-refractivity contribution < 1.29 is 14.3 Å². The van der Waals surface area contributed by atoms with Crippen LogP contribution in [0.15, 0.2) is 54.2 Å². The minimum absolute atomic E-state index is 0.00758. The lowest BCUT2D eigenvalue weighted by molar-refractivity contribution is -0.112. The number of aryl methyl sites for hydroxylation is 1. The van der Waals surface area contributed by atoms with Crippen molar-refractivity contribution in [3.8, 4) is 11.8 Å². The summed E-state index contributed by atoms with van der Waals surface area (Å²) in [7, 11) is 0. The van der Waals surface area contributed by atoms with Crippen molar-refractivity contribution in [1.29, 1.82) is 5.26 Å². The molecule has 1 amide bonds. The van der Waals surface area contributed by atoms with E-state index >= 15 is 0 Å². The number of amides is 1. The van der Waals surface area contributed by atoms with E-state index in [1.54, 1.807) is 37.4 Å². The van der Waals surface area contributed by atoms with Gasteiger partial charge in [-0.25, -0.2) is 4.39 Å². The number of nitriles is 1. The molecule has 144 valence electrons. The summed E-state index contributed by atoms with van der Waals surface area (Å²) in [5.74, 6) is -0.653. The topological polar surface area (TPSA) is 79.6 Å². The molecule has 0 bridgehead atoms. The number of hydrogen-bond acceptors (Lipinski definition) is 5. The molecule has 0 spiro atoms. The molecule has 0 aromatic heterocycles. The van der Waals surface area contributed by atoms with E-state index in [9.17, 15) is 19.6 Å². The molecule has 1 aliphatic rings. The number of hydrogen-bond donors (Lipinski definition) is 2. The third-order valence-corrected chi connectivity index (χ3v) is 4.64. The number of phenolic OH excluding ortho intramolecular Hbond substituents is 1. The van der Waals surface area contributed by atoms with Crippen LogP contribution in [0.2, 0.25) is 0 Å². The SMILES string of the molecule is Cc1cc(O)ccc1NC(=O)/C(C#N)=C\N1CCN(c2ccccc2F)CC1. The zero-order valence-electron chi connectivity index (χ0n) is 15.5. The van der Waals surface area contributed by atoms with Crippen LogP contribution < -0.4 is 10.2 Å². The fourth-order valence-corrected chi connectivity index (χ4v) is 3.10. The number of para-hydroxylation sites is 1. The number of benzene rings is 2. The summed E-state index contributed by atoms with van der Waals surface area (Å²) >= 11 is 0. The van der Waals surface area contributed by atoms with Gasteiger partial charge in [0.05, 0.1) is 5.69 Å². The third kappa shape index (κ3) is 4.41. The van der Waals surface area contributed by atoms with Crippen LogP contribution in [0.5, 0.6) is 5.75 Å². The second kappa shape index (κ2) is 8.44.